The molecule has 0 aromatic heterocycles. The van der Waals surface area contributed by atoms with Crippen LogP contribution in [0.4, 0.5) is 22.7 Å². The Kier molecular flexibility index (Phi) is 3.64. The highest BCUT2D eigenvalue weighted by molar-refractivity contribution is 6.23. The van der Waals surface area contributed by atoms with Crippen LogP contribution in [0.1, 0.15) is 20.7 Å². The lowest BCUT2D eigenvalue weighted by atomic mass is 10.1. The fraction of sp³-hybridized carbons (Fsp3) is 0.0455. The number of nitrogens with zero attached hydrogens (tertiary/aromatic N) is 2. The number of hydrogen-bond acceptors (Lipinski definition) is 5. The number of carbonyl (C=O) groups excluding carboxylic acids is 2. The molecule has 2 aliphatic rings. The molecule has 2 heterocycles. The maximum Gasteiger partial charge on any atom is 0.348 e. The average Bonchev–Trinajstić information content (AvgIpc) is 3.22. The average molecular weight is 385 g/mol. The monoisotopic (exact) mass is 385 g/mol. The minimum atomic E-state index is -1.07. The van der Waals surface area contributed by atoms with Crippen LogP contribution in [0.2, 0.25) is 0 Å². The molecule has 0 bridgehead atoms. The fourth-order valence-corrected chi connectivity index (χ4v) is 3.91. The van der Waals surface area contributed by atoms with Gasteiger partial charge in [0.2, 0.25) is 6.17 Å². The molecule has 0 spiro atoms. The first kappa shape index (κ1) is 17.0. The van der Waals surface area contributed by atoms with Gasteiger partial charge >= 0.3 is 5.97 Å². The van der Waals surface area contributed by atoms with Crippen molar-refractivity contribution in [3.05, 3.63) is 83.9 Å². The fourth-order valence-electron chi connectivity index (χ4n) is 3.91. The molecule has 3 aromatic rings. The summed E-state index contributed by atoms with van der Waals surface area (Å²) in [7, 11) is 0. The molecular formula is C22H15N3O4. The molecule has 0 radical (unpaired) electrons. The molecule has 5 rings (SSSR count). The van der Waals surface area contributed by atoms with Gasteiger partial charge in [0.25, 0.3) is 11.8 Å². The van der Waals surface area contributed by atoms with E-state index in [0.717, 1.165) is 0 Å². The van der Waals surface area contributed by atoms with E-state index in [4.69, 9.17) is 0 Å². The first-order chi connectivity index (χ1) is 14.1. The largest absolute Gasteiger partial charge is 0.478 e. The third kappa shape index (κ3) is 2.48. The Morgan fingerprint density at radius 2 is 1.17 bits per heavy atom. The number of carboxylic acid groups (broad SMARTS) is 1. The lowest BCUT2D eigenvalue weighted by Gasteiger charge is -2.29. The third-order valence-electron chi connectivity index (χ3n) is 5.13. The van der Waals surface area contributed by atoms with Crippen LogP contribution in [0, 0.1) is 0 Å². The maximum absolute atomic E-state index is 12.4. The Bertz CT molecular complexity index is 1080. The van der Waals surface area contributed by atoms with Crippen molar-refractivity contribution in [1.82, 2.24) is 5.32 Å². The maximum atomic E-state index is 12.4. The summed E-state index contributed by atoms with van der Waals surface area (Å²) in [6.07, 6.45) is -1.07. The van der Waals surface area contributed by atoms with Gasteiger partial charge in [-0.3, -0.25) is 14.9 Å². The van der Waals surface area contributed by atoms with Gasteiger partial charge in [0.05, 0.1) is 22.5 Å². The molecule has 142 valence electrons. The van der Waals surface area contributed by atoms with Crippen molar-refractivity contribution in [3.8, 4) is 0 Å². The van der Waals surface area contributed by atoms with E-state index in [1.807, 2.05) is 60.7 Å². The predicted octanol–water partition coefficient (Wildman–Crippen LogP) is 3.27. The SMILES string of the molecule is O=C1NC(=O)c2cc3c(cc21)N(c1ccccc1)C(C(=O)O)N3c1ccccc1. The number of rotatable bonds is 3. The quantitative estimate of drug-likeness (QED) is 0.673. The van der Waals surface area contributed by atoms with Crippen molar-refractivity contribution >= 4 is 40.5 Å². The van der Waals surface area contributed by atoms with Crippen LogP contribution < -0.4 is 15.1 Å². The van der Waals surface area contributed by atoms with Crippen molar-refractivity contribution in [1.29, 1.82) is 0 Å². The summed E-state index contributed by atoms with van der Waals surface area (Å²) in [6.45, 7) is 0. The topological polar surface area (TPSA) is 90.0 Å². The van der Waals surface area contributed by atoms with Crippen molar-refractivity contribution in [2.45, 2.75) is 6.17 Å². The number of hydrogen-bond donors (Lipinski definition) is 2. The molecule has 7 heteroatoms. The van der Waals surface area contributed by atoms with Crippen molar-refractivity contribution in [3.63, 3.8) is 0 Å². The Morgan fingerprint density at radius 1 is 0.759 bits per heavy atom. The molecule has 0 fully saturated rings. The van der Waals surface area contributed by atoms with E-state index < -0.39 is 23.9 Å². The van der Waals surface area contributed by atoms with E-state index in [0.29, 0.717) is 22.7 Å². The summed E-state index contributed by atoms with van der Waals surface area (Å²) in [5, 5.41) is 12.4. The van der Waals surface area contributed by atoms with Crippen molar-refractivity contribution < 1.29 is 19.5 Å². The molecule has 2 N–H and O–H groups in total. The molecule has 7 nitrogen and oxygen atoms in total. The van der Waals surface area contributed by atoms with Crippen LogP contribution in [-0.4, -0.2) is 29.1 Å². The number of para-hydroxylation sites is 2. The first-order valence-corrected chi connectivity index (χ1v) is 9.01. The van der Waals surface area contributed by atoms with E-state index in [-0.39, 0.29) is 11.1 Å². The standard InChI is InChI=1S/C22H15N3O4/c26-19-15-11-17-18(12-16(15)20(27)23-19)25(14-9-5-2-6-10-14)21(22(28)29)24(17)13-7-3-1-4-8-13/h1-12,21H,(H,28,29)(H,23,26,27). The molecule has 0 saturated heterocycles. The second kappa shape index (κ2) is 6.20. The molecule has 2 amide bonds. The van der Waals surface area contributed by atoms with Crippen molar-refractivity contribution in [2.75, 3.05) is 9.80 Å². The van der Waals surface area contributed by atoms with Crippen LogP contribution in [0.15, 0.2) is 72.8 Å². The number of imide groups is 1. The Morgan fingerprint density at radius 3 is 1.55 bits per heavy atom. The zero-order chi connectivity index (χ0) is 20.1. The Balaban J connectivity index is 1.80. The minimum absolute atomic E-state index is 0.244. The van der Waals surface area contributed by atoms with Gasteiger partial charge in [-0.15, -0.1) is 0 Å². The highest BCUT2D eigenvalue weighted by Gasteiger charge is 2.44. The Hall–Kier alpha value is -4.13. The summed E-state index contributed by atoms with van der Waals surface area (Å²) in [4.78, 5) is 40.1. The number of amides is 2. The van der Waals surface area contributed by atoms with E-state index >= 15 is 0 Å². The van der Waals surface area contributed by atoms with Crippen LogP contribution in [0.3, 0.4) is 0 Å². The number of nitrogens with one attached hydrogen (secondary N) is 1. The van der Waals surface area contributed by atoms with Gasteiger partial charge < -0.3 is 14.9 Å². The van der Waals surface area contributed by atoms with Gasteiger partial charge in [0.15, 0.2) is 0 Å². The highest BCUT2D eigenvalue weighted by Crippen LogP contribution is 2.49. The molecule has 0 unspecified atom stereocenters. The number of benzene rings is 3. The molecule has 0 atom stereocenters. The second-order valence-electron chi connectivity index (χ2n) is 6.79. The number of fused-ring (bicyclic) bond motifs is 2. The molecule has 2 aliphatic heterocycles. The number of carbonyl (C=O) groups is 3. The predicted molar refractivity (Wildman–Crippen MR) is 107 cm³/mol. The molecule has 0 saturated carbocycles. The van der Waals surface area contributed by atoms with Gasteiger partial charge in [-0.1, -0.05) is 36.4 Å². The minimum Gasteiger partial charge on any atom is -0.478 e. The number of aliphatic carboxylic acids is 1. The summed E-state index contributed by atoms with van der Waals surface area (Å²) >= 11 is 0. The number of carboxylic acids is 1. The van der Waals surface area contributed by atoms with Crippen LogP contribution in [0.5, 0.6) is 0 Å². The van der Waals surface area contributed by atoms with Gasteiger partial charge in [0.1, 0.15) is 0 Å². The van der Waals surface area contributed by atoms with Gasteiger partial charge in [0, 0.05) is 11.4 Å². The second-order valence-corrected chi connectivity index (χ2v) is 6.79. The van der Waals surface area contributed by atoms with E-state index in [9.17, 15) is 19.5 Å². The van der Waals surface area contributed by atoms with E-state index in [2.05, 4.69) is 5.32 Å². The highest BCUT2D eigenvalue weighted by atomic mass is 16.4. The Labute approximate surface area is 165 Å². The van der Waals surface area contributed by atoms with E-state index in [1.54, 1.807) is 21.9 Å². The van der Waals surface area contributed by atoms with Crippen LogP contribution in [0.25, 0.3) is 0 Å². The first-order valence-electron chi connectivity index (χ1n) is 9.01. The van der Waals surface area contributed by atoms with Gasteiger partial charge in [-0.05, 0) is 36.4 Å². The molecule has 29 heavy (non-hydrogen) atoms. The molecule has 0 aliphatic carbocycles. The van der Waals surface area contributed by atoms with E-state index in [1.165, 1.54) is 0 Å². The summed E-state index contributed by atoms with van der Waals surface area (Å²) in [5.41, 5.74) is 2.93. The lowest BCUT2D eigenvalue weighted by molar-refractivity contribution is -0.138. The smallest absolute Gasteiger partial charge is 0.348 e. The summed E-state index contributed by atoms with van der Waals surface area (Å²) < 4.78 is 0. The number of anilines is 4. The van der Waals surface area contributed by atoms with Crippen LogP contribution >= 0.6 is 0 Å². The summed E-state index contributed by atoms with van der Waals surface area (Å²) in [5.74, 6) is -2.01. The van der Waals surface area contributed by atoms with Crippen LogP contribution in [-0.2, 0) is 4.79 Å². The lowest BCUT2D eigenvalue weighted by Crippen LogP contribution is -2.44. The normalized spacial score (nSPS) is 15.3. The molecular weight excluding hydrogens is 370 g/mol. The zero-order valence-corrected chi connectivity index (χ0v) is 15.1. The van der Waals surface area contributed by atoms with Gasteiger partial charge in [-0.25, -0.2) is 4.79 Å². The summed E-state index contributed by atoms with van der Waals surface area (Å²) in [6, 6.07) is 21.4. The zero-order valence-electron chi connectivity index (χ0n) is 15.1. The molecule has 3 aromatic carbocycles. The van der Waals surface area contributed by atoms with Crippen molar-refractivity contribution in [2.24, 2.45) is 0 Å². The van der Waals surface area contributed by atoms with Gasteiger partial charge in [-0.2, -0.15) is 0 Å². The third-order valence-corrected chi connectivity index (χ3v) is 5.13.